The standard InChI is InChI=1S/C14H15BrN4S/c1-8(5-11-4-3-9(2)20-11)19-13-12(18-14(19)16)6-10(15)7-17-13/h3-4,6-8H,5H2,1-2H3,(H2,16,18). The number of aromatic nitrogens is 3. The van der Waals surface area contributed by atoms with Gasteiger partial charge in [-0.15, -0.1) is 11.3 Å². The molecule has 0 saturated heterocycles. The van der Waals surface area contributed by atoms with Crippen LogP contribution in [-0.4, -0.2) is 14.5 Å². The number of nitrogen functional groups attached to an aromatic ring is 1. The number of thiophene rings is 1. The van der Waals surface area contributed by atoms with Crippen LogP contribution in [0.25, 0.3) is 11.2 Å². The van der Waals surface area contributed by atoms with Gasteiger partial charge in [-0.3, -0.25) is 4.57 Å². The number of aryl methyl sites for hydroxylation is 1. The predicted molar refractivity (Wildman–Crippen MR) is 87.1 cm³/mol. The van der Waals surface area contributed by atoms with Gasteiger partial charge in [-0.1, -0.05) is 0 Å². The molecule has 0 aromatic carbocycles. The highest BCUT2D eigenvalue weighted by Crippen LogP contribution is 2.27. The van der Waals surface area contributed by atoms with Crippen LogP contribution in [0, 0.1) is 6.92 Å². The number of hydrogen-bond donors (Lipinski definition) is 1. The number of anilines is 1. The van der Waals surface area contributed by atoms with Gasteiger partial charge in [0.1, 0.15) is 5.52 Å². The Balaban J connectivity index is 1.98. The van der Waals surface area contributed by atoms with E-state index in [4.69, 9.17) is 5.73 Å². The molecule has 20 heavy (non-hydrogen) atoms. The van der Waals surface area contributed by atoms with Gasteiger partial charge in [-0.2, -0.15) is 0 Å². The number of nitrogens with zero attached hydrogens (tertiary/aromatic N) is 3. The van der Waals surface area contributed by atoms with E-state index in [1.54, 1.807) is 6.20 Å². The number of imidazole rings is 1. The van der Waals surface area contributed by atoms with Crippen molar-refractivity contribution < 1.29 is 0 Å². The molecule has 3 rings (SSSR count). The van der Waals surface area contributed by atoms with Crippen molar-refractivity contribution in [2.75, 3.05) is 5.73 Å². The first-order valence-corrected chi connectivity index (χ1v) is 8.00. The molecule has 2 N–H and O–H groups in total. The summed E-state index contributed by atoms with van der Waals surface area (Å²) in [7, 11) is 0. The first-order chi connectivity index (χ1) is 9.54. The molecule has 0 aliphatic heterocycles. The lowest BCUT2D eigenvalue weighted by molar-refractivity contribution is 0.567. The molecule has 0 aliphatic carbocycles. The molecule has 0 fully saturated rings. The summed E-state index contributed by atoms with van der Waals surface area (Å²) in [5.41, 5.74) is 7.73. The highest BCUT2D eigenvalue weighted by molar-refractivity contribution is 9.10. The van der Waals surface area contributed by atoms with Crippen LogP contribution in [0.4, 0.5) is 5.95 Å². The fourth-order valence-electron chi connectivity index (χ4n) is 2.39. The summed E-state index contributed by atoms with van der Waals surface area (Å²) >= 11 is 5.23. The maximum absolute atomic E-state index is 6.06. The highest BCUT2D eigenvalue weighted by atomic mass is 79.9. The molecule has 104 valence electrons. The third-order valence-electron chi connectivity index (χ3n) is 3.26. The maximum atomic E-state index is 6.06. The zero-order chi connectivity index (χ0) is 14.3. The average molecular weight is 351 g/mol. The molecule has 0 amide bonds. The highest BCUT2D eigenvalue weighted by Gasteiger charge is 2.16. The van der Waals surface area contributed by atoms with Gasteiger partial charge in [0.15, 0.2) is 5.65 Å². The molecular formula is C14H15BrN4S. The van der Waals surface area contributed by atoms with E-state index in [0.717, 1.165) is 22.1 Å². The summed E-state index contributed by atoms with van der Waals surface area (Å²) in [5, 5.41) is 0. The lowest BCUT2D eigenvalue weighted by atomic mass is 10.2. The van der Waals surface area contributed by atoms with Crippen molar-refractivity contribution in [1.29, 1.82) is 0 Å². The Kier molecular flexibility index (Phi) is 3.52. The van der Waals surface area contributed by atoms with Gasteiger partial charge in [0.05, 0.1) is 0 Å². The van der Waals surface area contributed by atoms with Gasteiger partial charge < -0.3 is 5.73 Å². The Morgan fingerprint density at radius 3 is 2.95 bits per heavy atom. The molecule has 3 aromatic rings. The third kappa shape index (κ3) is 2.45. The third-order valence-corrected chi connectivity index (χ3v) is 4.71. The van der Waals surface area contributed by atoms with Crippen LogP contribution in [0.2, 0.25) is 0 Å². The first kappa shape index (κ1) is 13.6. The van der Waals surface area contributed by atoms with Crippen molar-refractivity contribution >= 4 is 44.4 Å². The van der Waals surface area contributed by atoms with E-state index in [9.17, 15) is 0 Å². The molecule has 0 bridgehead atoms. The molecule has 3 aromatic heterocycles. The van der Waals surface area contributed by atoms with E-state index in [-0.39, 0.29) is 6.04 Å². The molecule has 0 aliphatic rings. The number of fused-ring (bicyclic) bond motifs is 1. The summed E-state index contributed by atoms with van der Waals surface area (Å²) in [4.78, 5) is 11.5. The lowest BCUT2D eigenvalue weighted by Gasteiger charge is -2.14. The number of rotatable bonds is 3. The van der Waals surface area contributed by atoms with E-state index in [1.165, 1.54) is 9.75 Å². The Labute approximate surface area is 129 Å². The molecule has 1 unspecified atom stereocenters. The van der Waals surface area contributed by atoms with Crippen molar-refractivity contribution in [3.8, 4) is 0 Å². The summed E-state index contributed by atoms with van der Waals surface area (Å²) in [6.07, 6.45) is 2.72. The molecule has 1 atom stereocenters. The Morgan fingerprint density at radius 1 is 1.45 bits per heavy atom. The zero-order valence-electron chi connectivity index (χ0n) is 11.3. The van der Waals surface area contributed by atoms with E-state index >= 15 is 0 Å². The molecule has 0 spiro atoms. The van der Waals surface area contributed by atoms with E-state index < -0.39 is 0 Å². The second kappa shape index (κ2) is 5.18. The average Bonchev–Trinajstić information content (AvgIpc) is 2.91. The molecule has 0 radical (unpaired) electrons. The SMILES string of the molecule is Cc1ccc(CC(C)n2c(N)nc3cc(Br)cnc32)s1. The largest absolute Gasteiger partial charge is 0.369 e. The van der Waals surface area contributed by atoms with Crippen LogP contribution in [-0.2, 0) is 6.42 Å². The molecule has 3 heterocycles. The number of hydrogen-bond acceptors (Lipinski definition) is 4. The van der Waals surface area contributed by atoms with E-state index in [0.29, 0.717) is 5.95 Å². The van der Waals surface area contributed by atoms with Crippen molar-refractivity contribution in [3.05, 3.63) is 38.6 Å². The predicted octanol–water partition coefficient (Wildman–Crippen LogP) is 3.95. The molecule has 0 saturated carbocycles. The zero-order valence-corrected chi connectivity index (χ0v) is 13.7. The van der Waals surface area contributed by atoms with Crippen LogP contribution in [0.5, 0.6) is 0 Å². The van der Waals surface area contributed by atoms with E-state index in [1.807, 2.05) is 22.0 Å². The van der Waals surface area contributed by atoms with Crippen LogP contribution in [0.3, 0.4) is 0 Å². The minimum absolute atomic E-state index is 0.228. The number of nitrogens with two attached hydrogens (primary N) is 1. The van der Waals surface area contributed by atoms with Crippen molar-refractivity contribution in [2.45, 2.75) is 26.3 Å². The fraction of sp³-hybridized carbons (Fsp3) is 0.286. The minimum Gasteiger partial charge on any atom is -0.369 e. The van der Waals surface area contributed by atoms with Gasteiger partial charge in [0, 0.05) is 32.9 Å². The summed E-state index contributed by atoms with van der Waals surface area (Å²) in [5.74, 6) is 0.520. The smallest absolute Gasteiger partial charge is 0.202 e. The van der Waals surface area contributed by atoms with Gasteiger partial charge in [0.2, 0.25) is 5.95 Å². The number of halogens is 1. The second-order valence-corrected chi connectivity index (χ2v) is 7.19. The van der Waals surface area contributed by atoms with Crippen LogP contribution >= 0.6 is 27.3 Å². The summed E-state index contributed by atoms with van der Waals surface area (Å²) in [6.45, 7) is 4.27. The van der Waals surface area contributed by atoms with Crippen LogP contribution in [0.1, 0.15) is 22.7 Å². The Morgan fingerprint density at radius 2 is 2.25 bits per heavy atom. The van der Waals surface area contributed by atoms with Crippen molar-refractivity contribution in [3.63, 3.8) is 0 Å². The van der Waals surface area contributed by atoms with E-state index in [2.05, 4.69) is 51.9 Å². The van der Waals surface area contributed by atoms with Gasteiger partial charge in [0.25, 0.3) is 0 Å². The van der Waals surface area contributed by atoms with Crippen LogP contribution < -0.4 is 5.73 Å². The summed E-state index contributed by atoms with van der Waals surface area (Å²) in [6, 6.07) is 6.50. The minimum atomic E-state index is 0.228. The van der Waals surface area contributed by atoms with Gasteiger partial charge >= 0.3 is 0 Å². The lowest BCUT2D eigenvalue weighted by Crippen LogP contribution is -2.11. The monoisotopic (exact) mass is 350 g/mol. The summed E-state index contributed by atoms with van der Waals surface area (Å²) < 4.78 is 2.92. The second-order valence-electron chi connectivity index (χ2n) is 4.90. The normalized spacial score (nSPS) is 12.9. The quantitative estimate of drug-likeness (QED) is 0.777. The van der Waals surface area contributed by atoms with Gasteiger partial charge in [-0.05, 0) is 48.0 Å². The first-order valence-electron chi connectivity index (χ1n) is 6.39. The van der Waals surface area contributed by atoms with Crippen LogP contribution in [0.15, 0.2) is 28.9 Å². The topological polar surface area (TPSA) is 56.7 Å². The van der Waals surface area contributed by atoms with Crippen molar-refractivity contribution in [1.82, 2.24) is 14.5 Å². The van der Waals surface area contributed by atoms with Crippen molar-refractivity contribution in [2.24, 2.45) is 0 Å². The maximum Gasteiger partial charge on any atom is 0.202 e. The molecular weight excluding hydrogens is 336 g/mol. The Bertz CT molecular complexity index is 762. The molecule has 6 heteroatoms. The Hall–Kier alpha value is -1.40. The fourth-order valence-corrected chi connectivity index (χ4v) is 3.72. The van der Waals surface area contributed by atoms with Gasteiger partial charge in [-0.25, -0.2) is 9.97 Å². The molecule has 4 nitrogen and oxygen atoms in total. The number of pyridine rings is 1.